The Morgan fingerprint density at radius 2 is 1.73 bits per heavy atom. The number of ether oxygens (including phenoxy) is 1. The lowest BCUT2D eigenvalue weighted by atomic mass is 9.88. The molecule has 0 saturated heterocycles. The molecule has 9 heteroatoms. The average Bonchev–Trinajstić information content (AvgIpc) is 2.90. The molecular weight excluding hydrogens is 735 g/mol. The molecule has 1 aliphatic carbocycles. The molecule has 37 heavy (non-hydrogen) atoms. The molecule has 1 fully saturated rings. The fraction of sp³-hybridized carbons (Fsp3) is 0.250. The summed E-state index contributed by atoms with van der Waals surface area (Å²) in [5, 5.41) is 6.27. The van der Waals surface area contributed by atoms with E-state index in [1.807, 2.05) is 48.5 Å². The molecule has 0 spiro atoms. The highest BCUT2D eigenvalue weighted by atomic mass is 127. The summed E-state index contributed by atoms with van der Waals surface area (Å²) in [6, 6.07) is 17.0. The molecule has 0 atom stereocenters. The first-order chi connectivity index (χ1) is 17.9. The number of hydrogen-bond acceptors (Lipinski definition) is 4. The third-order valence-electron chi connectivity index (χ3n) is 6.46. The van der Waals surface area contributed by atoms with Crippen LogP contribution in [0.2, 0.25) is 10.0 Å². The minimum absolute atomic E-state index is 0.131. The van der Waals surface area contributed by atoms with Crippen LogP contribution in [0.4, 0.5) is 0 Å². The van der Waals surface area contributed by atoms with Crippen LogP contribution in [-0.2, 0) is 6.61 Å². The monoisotopic (exact) mass is 757 g/mol. The summed E-state index contributed by atoms with van der Waals surface area (Å²) >= 11 is 16.7. The standard InChI is InChI=1S/C28H23Cl2I2N3O2/c29-21-11-10-17(12-22(21)30)16-37-26-23(31)13-18(14-24(26)32)15-33-35-27(19-6-2-1-3-7-19)34-25-9-5-4-8-20(25)28(35)36/h4-5,8-15,19H,1-3,6-7,16H2. The van der Waals surface area contributed by atoms with Gasteiger partial charge < -0.3 is 4.74 Å². The third kappa shape index (κ3) is 6.15. The van der Waals surface area contributed by atoms with Crippen LogP contribution in [0.5, 0.6) is 5.75 Å². The van der Waals surface area contributed by atoms with Gasteiger partial charge >= 0.3 is 0 Å². The van der Waals surface area contributed by atoms with E-state index in [4.69, 9.17) is 32.9 Å². The Morgan fingerprint density at radius 3 is 2.46 bits per heavy atom. The molecule has 0 aliphatic heterocycles. The summed E-state index contributed by atoms with van der Waals surface area (Å²) in [6.07, 6.45) is 7.32. The quantitative estimate of drug-likeness (QED) is 0.147. The molecule has 0 radical (unpaired) electrons. The lowest BCUT2D eigenvalue weighted by molar-refractivity contribution is 0.302. The van der Waals surface area contributed by atoms with Crippen molar-refractivity contribution in [1.29, 1.82) is 0 Å². The number of rotatable bonds is 6. The molecule has 1 aliphatic rings. The summed E-state index contributed by atoms with van der Waals surface area (Å²) in [7, 11) is 0. The van der Waals surface area contributed by atoms with Crippen LogP contribution in [0.25, 0.3) is 10.9 Å². The van der Waals surface area contributed by atoms with Crippen LogP contribution >= 0.6 is 68.4 Å². The number of para-hydroxylation sites is 1. The predicted molar refractivity (Wildman–Crippen MR) is 167 cm³/mol. The Kier molecular flexibility index (Phi) is 8.73. The van der Waals surface area contributed by atoms with Crippen molar-refractivity contribution in [3.63, 3.8) is 0 Å². The van der Waals surface area contributed by atoms with Gasteiger partial charge in [0.25, 0.3) is 5.56 Å². The molecule has 1 saturated carbocycles. The van der Waals surface area contributed by atoms with E-state index in [1.165, 1.54) is 11.1 Å². The van der Waals surface area contributed by atoms with Crippen molar-refractivity contribution in [1.82, 2.24) is 9.66 Å². The van der Waals surface area contributed by atoms with E-state index >= 15 is 0 Å². The van der Waals surface area contributed by atoms with Crippen LogP contribution in [0, 0.1) is 7.14 Å². The zero-order valence-corrected chi connectivity index (χ0v) is 25.6. The van der Waals surface area contributed by atoms with E-state index in [2.05, 4.69) is 50.3 Å². The fourth-order valence-corrected chi connectivity index (χ4v) is 7.03. The predicted octanol–water partition coefficient (Wildman–Crippen LogP) is 8.42. The molecule has 0 bridgehead atoms. The number of halogens is 4. The van der Waals surface area contributed by atoms with Gasteiger partial charge in [-0.15, -0.1) is 0 Å². The van der Waals surface area contributed by atoms with Gasteiger partial charge in [0.05, 0.1) is 34.3 Å². The Balaban J connectivity index is 1.44. The van der Waals surface area contributed by atoms with E-state index in [0.29, 0.717) is 22.0 Å². The molecule has 5 rings (SSSR count). The fourth-order valence-electron chi connectivity index (χ4n) is 4.58. The lowest BCUT2D eigenvalue weighted by Crippen LogP contribution is -2.25. The van der Waals surface area contributed by atoms with Gasteiger partial charge in [-0.1, -0.05) is 60.7 Å². The maximum absolute atomic E-state index is 13.4. The topological polar surface area (TPSA) is 56.5 Å². The number of hydrogen-bond donors (Lipinski definition) is 0. The second-order valence-corrected chi connectivity index (χ2v) is 12.2. The second-order valence-electron chi connectivity index (χ2n) is 9.03. The Hall–Kier alpha value is -1.69. The van der Waals surface area contributed by atoms with Gasteiger partial charge in [-0.2, -0.15) is 9.78 Å². The first kappa shape index (κ1) is 26.9. The molecule has 0 amide bonds. The SMILES string of the molecule is O=c1c2ccccc2nc(C2CCCCC2)n1N=Cc1cc(I)c(OCc2ccc(Cl)c(Cl)c2)c(I)c1. The minimum atomic E-state index is -0.131. The number of benzene rings is 3. The van der Waals surface area contributed by atoms with Gasteiger partial charge in [-0.05, 0) is 106 Å². The molecule has 1 heterocycles. The molecule has 0 unspecified atom stereocenters. The van der Waals surface area contributed by atoms with E-state index in [9.17, 15) is 4.79 Å². The summed E-state index contributed by atoms with van der Waals surface area (Å²) in [6.45, 7) is 0.374. The van der Waals surface area contributed by atoms with Crippen LogP contribution in [-0.4, -0.2) is 15.9 Å². The molecule has 4 aromatic rings. The highest BCUT2D eigenvalue weighted by molar-refractivity contribution is 14.1. The maximum atomic E-state index is 13.4. The summed E-state index contributed by atoms with van der Waals surface area (Å²) in [5.74, 6) is 1.78. The highest BCUT2D eigenvalue weighted by Gasteiger charge is 2.22. The van der Waals surface area contributed by atoms with Crippen LogP contribution in [0.1, 0.15) is 55.0 Å². The highest BCUT2D eigenvalue weighted by Crippen LogP contribution is 2.32. The normalized spacial score (nSPS) is 14.5. The van der Waals surface area contributed by atoms with Gasteiger partial charge in [0.15, 0.2) is 0 Å². The summed E-state index contributed by atoms with van der Waals surface area (Å²) in [4.78, 5) is 18.3. The molecular formula is C28H23Cl2I2N3O2. The minimum Gasteiger partial charge on any atom is -0.487 e. The molecule has 3 aromatic carbocycles. The first-order valence-corrected chi connectivity index (χ1v) is 14.9. The van der Waals surface area contributed by atoms with Crippen molar-refractivity contribution in [3.05, 3.63) is 99.1 Å². The van der Waals surface area contributed by atoms with Crippen molar-refractivity contribution in [2.75, 3.05) is 0 Å². The van der Waals surface area contributed by atoms with E-state index < -0.39 is 0 Å². The van der Waals surface area contributed by atoms with Gasteiger partial charge in [0, 0.05) is 5.92 Å². The Labute approximate surface area is 252 Å². The Bertz CT molecular complexity index is 1530. The zero-order chi connectivity index (χ0) is 25.9. The van der Waals surface area contributed by atoms with Crippen molar-refractivity contribution in [3.8, 4) is 5.75 Å². The largest absolute Gasteiger partial charge is 0.487 e. The molecule has 5 nitrogen and oxygen atoms in total. The number of aromatic nitrogens is 2. The van der Waals surface area contributed by atoms with Crippen molar-refractivity contribution < 1.29 is 4.74 Å². The van der Waals surface area contributed by atoms with E-state index in [0.717, 1.165) is 61.0 Å². The van der Waals surface area contributed by atoms with Crippen molar-refractivity contribution >= 4 is 85.5 Å². The summed E-state index contributed by atoms with van der Waals surface area (Å²) < 4.78 is 9.51. The van der Waals surface area contributed by atoms with Gasteiger partial charge in [-0.3, -0.25) is 4.79 Å². The van der Waals surface area contributed by atoms with Crippen molar-refractivity contribution in [2.45, 2.75) is 44.6 Å². The smallest absolute Gasteiger partial charge is 0.282 e. The van der Waals surface area contributed by atoms with Crippen LogP contribution in [0.3, 0.4) is 0 Å². The molecule has 190 valence electrons. The van der Waals surface area contributed by atoms with Gasteiger partial charge in [0.1, 0.15) is 18.2 Å². The summed E-state index contributed by atoms with van der Waals surface area (Å²) in [5.41, 5.74) is 2.41. The molecule has 1 aromatic heterocycles. The zero-order valence-electron chi connectivity index (χ0n) is 19.8. The van der Waals surface area contributed by atoms with Crippen LogP contribution < -0.4 is 10.3 Å². The van der Waals surface area contributed by atoms with Crippen LogP contribution in [0.15, 0.2) is 64.5 Å². The van der Waals surface area contributed by atoms with E-state index in [-0.39, 0.29) is 11.5 Å². The average molecular weight is 758 g/mol. The third-order valence-corrected chi connectivity index (χ3v) is 8.80. The first-order valence-electron chi connectivity index (χ1n) is 12.0. The molecule has 0 N–H and O–H groups in total. The number of nitrogens with zero attached hydrogens (tertiary/aromatic N) is 3. The second kappa shape index (κ2) is 12.0. The Morgan fingerprint density at radius 1 is 1.00 bits per heavy atom. The van der Waals surface area contributed by atoms with E-state index in [1.54, 1.807) is 12.3 Å². The van der Waals surface area contributed by atoms with Crippen molar-refractivity contribution in [2.24, 2.45) is 5.10 Å². The van der Waals surface area contributed by atoms with Gasteiger partial charge in [0.2, 0.25) is 0 Å². The van der Waals surface area contributed by atoms with Gasteiger partial charge in [-0.25, -0.2) is 4.98 Å². The maximum Gasteiger partial charge on any atom is 0.282 e. The lowest BCUT2D eigenvalue weighted by Gasteiger charge is -2.22. The number of fused-ring (bicyclic) bond motifs is 1.